The van der Waals surface area contributed by atoms with Gasteiger partial charge in [0.05, 0.1) is 5.56 Å². The number of carbonyl (C=O) groups excluding carboxylic acids is 1. The van der Waals surface area contributed by atoms with E-state index in [1.165, 1.54) is 12.1 Å². The van der Waals surface area contributed by atoms with E-state index in [1.807, 2.05) is 6.08 Å². The standard InChI is InChI=1S/C20H24F3NO2/c21-20(22,23)17-8-4-3-7-16(17)13-19(14-25)9-11-24(12-10-19)18(26)15-5-1-2-6-15/h3-5,7-8,25H,1-2,6,9-14H2. The summed E-state index contributed by atoms with van der Waals surface area (Å²) in [7, 11) is 0. The molecular weight excluding hydrogens is 343 g/mol. The zero-order valence-corrected chi connectivity index (χ0v) is 14.7. The Morgan fingerprint density at radius 1 is 1.19 bits per heavy atom. The predicted molar refractivity (Wildman–Crippen MR) is 92.4 cm³/mol. The lowest BCUT2D eigenvalue weighted by molar-refractivity contribution is -0.138. The minimum absolute atomic E-state index is 0.0460. The van der Waals surface area contributed by atoms with Gasteiger partial charge >= 0.3 is 6.18 Å². The average molecular weight is 367 g/mol. The van der Waals surface area contributed by atoms with Gasteiger partial charge in [0.25, 0.3) is 0 Å². The first-order valence-electron chi connectivity index (χ1n) is 9.09. The Balaban J connectivity index is 1.71. The van der Waals surface area contributed by atoms with E-state index in [4.69, 9.17) is 0 Å². The topological polar surface area (TPSA) is 40.5 Å². The van der Waals surface area contributed by atoms with Crippen LogP contribution < -0.4 is 0 Å². The molecule has 0 spiro atoms. The van der Waals surface area contributed by atoms with E-state index in [0.717, 1.165) is 30.9 Å². The molecule has 0 atom stereocenters. The second-order valence-corrected chi connectivity index (χ2v) is 7.40. The summed E-state index contributed by atoms with van der Waals surface area (Å²) in [5, 5.41) is 9.94. The van der Waals surface area contributed by atoms with Crippen LogP contribution in [0.2, 0.25) is 0 Å². The summed E-state index contributed by atoms with van der Waals surface area (Å²) in [5.41, 5.74) is -0.180. The van der Waals surface area contributed by atoms with Crippen molar-refractivity contribution in [3.8, 4) is 0 Å². The van der Waals surface area contributed by atoms with Crippen LogP contribution >= 0.6 is 0 Å². The highest BCUT2D eigenvalue weighted by Gasteiger charge is 2.39. The van der Waals surface area contributed by atoms with Crippen LogP contribution in [0.5, 0.6) is 0 Å². The third-order valence-electron chi connectivity index (χ3n) is 5.65. The molecule has 1 amide bonds. The predicted octanol–water partition coefficient (Wildman–Crippen LogP) is 3.96. The van der Waals surface area contributed by atoms with Crippen molar-refractivity contribution in [3.63, 3.8) is 0 Å². The molecule has 1 aromatic rings. The van der Waals surface area contributed by atoms with Gasteiger partial charge in [-0.25, -0.2) is 0 Å². The molecule has 1 heterocycles. The number of amides is 1. The van der Waals surface area contributed by atoms with Crippen molar-refractivity contribution >= 4 is 5.91 Å². The number of carbonyl (C=O) groups is 1. The first-order valence-corrected chi connectivity index (χ1v) is 9.09. The summed E-state index contributed by atoms with van der Waals surface area (Å²) in [6.45, 7) is 0.778. The SMILES string of the molecule is O=C(C1=CCCC1)N1CCC(CO)(Cc2ccccc2C(F)(F)F)CC1. The van der Waals surface area contributed by atoms with Gasteiger partial charge in [-0.15, -0.1) is 0 Å². The molecule has 0 bridgehead atoms. The van der Waals surface area contributed by atoms with Gasteiger partial charge in [-0.05, 0) is 50.2 Å². The van der Waals surface area contributed by atoms with Crippen molar-refractivity contribution in [1.82, 2.24) is 4.90 Å². The van der Waals surface area contributed by atoms with Crippen LogP contribution in [0, 0.1) is 5.41 Å². The van der Waals surface area contributed by atoms with Crippen molar-refractivity contribution in [1.29, 1.82) is 0 Å². The molecule has 6 heteroatoms. The van der Waals surface area contributed by atoms with E-state index in [-0.39, 0.29) is 24.5 Å². The van der Waals surface area contributed by atoms with E-state index in [1.54, 1.807) is 11.0 Å². The van der Waals surface area contributed by atoms with Crippen molar-refractivity contribution < 1.29 is 23.1 Å². The molecule has 3 rings (SSSR count). The Hall–Kier alpha value is -1.82. The molecule has 1 aliphatic carbocycles. The minimum Gasteiger partial charge on any atom is -0.396 e. The fourth-order valence-corrected chi connectivity index (χ4v) is 4.00. The Morgan fingerprint density at radius 3 is 2.46 bits per heavy atom. The fourth-order valence-electron chi connectivity index (χ4n) is 4.00. The second kappa shape index (κ2) is 7.43. The van der Waals surface area contributed by atoms with Crippen LogP contribution in [-0.4, -0.2) is 35.6 Å². The maximum absolute atomic E-state index is 13.3. The normalized spacial score (nSPS) is 20.2. The van der Waals surface area contributed by atoms with Gasteiger partial charge in [-0.3, -0.25) is 4.79 Å². The van der Waals surface area contributed by atoms with Crippen molar-refractivity contribution in [2.24, 2.45) is 5.41 Å². The highest BCUT2D eigenvalue weighted by Crippen LogP contribution is 2.39. The molecule has 3 nitrogen and oxygen atoms in total. The third-order valence-corrected chi connectivity index (χ3v) is 5.65. The van der Waals surface area contributed by atoms with Crippen LogP contribution in [0.3, 0.4) is 0 Å². The van der Waals surface area contributed by atoms with Gasteiger partial charge in [0, 0.05) is 30.7 Å². The summed E-state index contributed by atoms with van der Waals surface area (Å²) in [5.74, 6) is 0.0460. The summed E-state index contributed by atoms with van der Waals surface area (Å²) >= 11 is 0. The smallest absolute Gasteiger partial charge is 0.396 e. The quantitative estimate of drug-likeness (QED) is 0.875. The molecule has 26 heavy (non-hydrogen) atoms. The van der Waals surface area contributed by atoms with Gasteiger partial charge in [-0.1, -0.05) is 24.3 Å². The van der Waals surface area contributed by atoms with Crippen LogP contribution in [0.25, 0.3) is 0 Å². The number of halogens is 3. The van der Waals surface area contributed by atoms with Gasteiger partial charge in [-0.2, -0.15) is 13.2 Å². The molecule has 1 aliphatic heterocycles. The Bertz CT molecular complexity index is 689. The first kappa shape index (κ1) is 19.0. The van der Waals surface area contributed by atoms with E-state index in [2.05, 4.69) is 0 Å². The van der Waals surface area contributed by atoms with Gasteiger partial charge in [0.15, 0.2) is 0 Å². The number of hydrogen-bond acceptors (Lipinski definition) is 2. The highest BCUT2D eigenvalue weighted by atomic mass is 19.4. The maximum Gasteiger partial charge on any atom is 0.416 e. The summed E-state index contributed by atoms with van der Waals surface area (Å²) in [4.78, 5) is 14.3. The van der Waals surface area contributed by atoms with Crippen LogP contribution in [0.1, 0.15) is 43.2 Å². The zero-order valence-electron chi connectivity index (χ0n) is 14.7. The second-order valence-electron chi connectivity index (χ2n) is 7.40. The van der Waals surface area contributed by atoms with E-state index in [9.17, 15) is 23.1 Å². The van der Waals surface area contributed by atoms with Gasteiger partial charge < -0.3 is 10.0 Å². The highest BCUT2D eigenvalue weighted by molar-refractivity contribution is 5.93. The molecule has 2 aliphatic rings. The zero-order chi connectivity index (χ0) is 18.8. The Morgan fingerprint density at radius 2 is 1.88 bits per heavy atom. The van der Waals surface area contributed by atoms with E-state index < -0.39 is 17.2 Å². The molecule has 1 fully saturated rings. The molecule has 0 radical (unpaired) electrons. The largest absolute Gasteiger partial charge is 0.416 e. The first-order chi connectivity index (χ1) is 12.3. The van der Waals surface area contributed by atoms with Gasteiger partial charge in [0.1, 0.15) is 0 Å². The lowest BCUT2D eigenvalue weighted by Crippen LogP contribution is -2.46. The number of aliphatic hydroxyl groups is 1. The molecule has 1 aromatic carbocycles. The Labute approximate surface area is 151 Å². The van der Waals surface area contributed by atoms with Crippen LogP contribution in [0.15, 0.2) is 35.9 Å². The lowest BCUT2D eigenvalue weighted by Gasteiger charge is -2.41. The number of alkyl halides is 3. The van der Waals surface area contributed by atoms with Crippen molar-refractivity contribution in [2.75, 3.05) is 19.7 Å². The fraction of sp³-hybridized carbons (Fsp3) is 0.550. The monoisotopic (exact) mass is 367 g/mol. The molecule has 0 saturated carbocycles. The minimum atomic E-state index is -4.40. The number of rotatable bonds is 4. The van der Waals surface area contributed by atoms with E-state index in [0.29, 0.717) is 25.9 Å². The number of hydrogen-bond donors (Lipinski definition) is 1. The third kappa shape index (κ3) is 3.95. The summed E-state index contributed by atoms with van der Waals surface area (Å²) < 4.78 is 39.8. The maximum atomic E-state index is 13.3. The van der Waals surface area contributed by atoms with Crippen LogP contribution in [0.4, 0.5) is 13.2 Å². The number of allylic oxidation sites excluding steroid dienone is 1. The van der Waals surface area contributed by atoms with Crippen molar-refractivity contribution in [3.05, 3.63) is 47.0 Å². The number of benzene rings is 1. The molecule has 0 aromatic heterocycles. The molecule has 1 saturated heterocycles. The molecular formula is C20H24F3NO2. The lowest BCUT2D eigenvalue weighted by atomic mass is 9.73. The Kier molecular flexibility index (Phi) is 5.42. The average Bonchev–Trinajstić information content (AvgIpc) is 3.16. The van der Waals surface area contributed by atoms with Crippen LogP contribution in [-0.2, 0) is 17.4 Å². The number of nitrogens with zero attached hydrogens (tertiary/aromatic N) is 1. The van der Waals surface area contributed by atoms with Gasteiger partial charge in [0.2, 0.25) is 5.91 Å². The summed E-state index contributed by atoms with van der Waals surface area (Å²) in [6, 6.07) is 5.56. The number of aliphatic hydroxyl groups excluding tert-OH is 1. The summed E-state index contributed by atoms with van der Waals surface area (Å²) in [6.07, 6.45) is 1.51. The number of likely N-dealkylation sites (tertiary alicyclic amines) is 1. The molecule has 1 N–H and O–H groups in total. The van der Waals surface area contributed by atoms with E-state index >= 15 is 0 Å². The molecule has 142 valence electrons. The van der Waals surface area contributed by atoms with Crippen molar-refractivity contribution in [2.45, 2.75) is 44.7 Å². The molecule has 0 unspecified atom stereocenters. The number of piperidine rings is 1.